The van der Waals surface area contributed by atoms with Gasteiger partial charge in [0.05, 0.1) is 11.4 Å². The van der Waals surface area contributed by atoms with Gasteiger partial charge in [0.25, 0.3) is 0 Å². The minimum atomic E-state index is 0. The number of aromatic nitrogens is 2. The van der Waals surface area contributed by atoms with Gasteiger partial charge in [-0.3, -0.25) is 4.99 Å². The number of aliphatic imine (C=N–C) groups is 1. The number of rotatable bonds is 9. The van der Waals surface area contributed by atoms with Crippen molar-refractivity contribution in [3.8, 4) is 11.8 Å². The van der Waals surface area contributed by atoms with Gasteiger partial charge in [-0.2, -0.15) is 10.4 Å². The Balaban J connectivity index is 0.00000341. The van der Waals surface area contributed by atoms with Crippen LogP contribution < -0.4 is 16.4 Å². The normalized spacial score (nSPS) is 14.8. The molecule has 168 valence electrons. The lowest BCUT2D eigenvalue weighted by Gasteiger charge is -2.40. The molecule has 2 aromatic rings. The molecule has 8 heteroatoms. The van der Waals surface area contributed by atoms with Crippen LogP contribution in [0.4, 0.5) is 5.82 Å². The van der Waals surface area contributed by atoms with Gasteiger partial charge in [-0.05, 0) is 56.6 Å². The molecule has 0 atom stereocenters. The molecular formula is C23H34IN7. The van der Waals surface area contributed by atoms with Crippen LogP contribution in [0.2, 0.25) is 0 Å². The summed E-state index contributed by atoms with van der Waals surface area (Å²) in [5.74, 6) is 1.26. The fourth-order valence-corrected chi connectivity index (χ4v) is 3.89. The van der Waals surface area contributed by atoms with Crippen LogP contribution in [0.25, 0.3) is 5.69 Å². The van der Waals surface area contributed by atoms with Crippen LogP contribution in [0.3, 0.4) is 0 Å². The van der Waals surface area contributed by atoms with E-state index in [1.807, 2.05) is 30.3 Å². The fraction of sp³-hybridized carbons (Fsp3) is 0.522. The molecule has 0 amide bonds. The maximum atomic E-state index is 9.54. The summed E-state index contributed by atoms with van der Waals surface area (Å²) in [4.78, 5) is 4.82. The summed E-state index contributed by atoms with van der Waals surface area (Å²) in [6.07, 6.45) is 6.61. The fourth-order valence-electron chi connectivity index (χ4n) is 3.89. The number of hydrogen-bond acceptors (Lipinski definition) is 4. The van der Waals surface area contributed by atoms with Crippen LogP contribution in [0, 0.1) is 16.7 Å². The maximum Gasteiger partial charge on any atom is 0.191 e. The van der Waals surface area contributed by atoms with Gasteiger partial charge in [0.15, 0.2) is 5.96 Å². The van der Waals surface area contributed by atoms with Crippen LogP contribution in [-0.2, 0) is 6.42 Å². The first-order valence-corrected chi connectivity index (χ1v) is 11.0. The first kappa shape index (κ1) is 25.0. The van der Waals surface area contributed by atoms with Crippen LogP contribution in [0.5, 0.6) is 0 Å². The number of anilines is 1. The number of nitrogens with zero attached hydrogens (tertiary/aromatic N) is 4. The Hall–Kier alpha value is -2.28. The lowest BCUT2D eigenvalue weighted by molar-refractivity contribution is 0.139. The van der Waals surface area contributed by atoms with Crippen LogP contribution in [0.1, 0.15) is 57.2 Å². The minimum Gasteiger partial charge on any atom is -0.382 e. The Morgan fingerprint density at radius 3 is 2.58 bits per heavy atom. The van der Waals surface area contributed by atoms with Gasteiger partial charge in [0.1, 0.15) is 17.5 Å². The van der Waals surface area contributed by atoms with E-state index in [0.29, 0.717) is 23.2 Å². The zero-order valence-electron chi connectivity index (χ0n) is 18.5. The van der Waals surface area contributed by atoms with Gasteiger partial charge in [-0.15, -0.1) is 24.0 Å². The molecule has 7 nitrogen and oxygen atoms in total. The van der Waals surface area contributed by atoms with Crippen LogP contribution in [-0.4, -0.2) is 35.4 Å². The molecule has 1 aromatic carbocycles. The average Bonchev–Trinajstić information content (AvgIpc) is 3.06. The first-order chi connectivity index (χ1) is 14.6. The van der Waals surface area contributed by atoms with Crippen molar-refractivity contribution < 1.29 is 0 Å². The van der Waals surface area contributed by atoms with E-state index in [9.17, 15) is 5.26 Å². The Morgan fingerprint density at radius 2 is 2.00 bits per heavy atom. The molecule has 1 aromatic heterocycles. The number of nitrogen functional groups attached to an aromatic ring is 1. The van der Waals surface area contributed by atoms with E-state index >= 15 is 0 Å². The van der Waals surface area contributed by atoms with Crippen molar-refractivity contribution >= 4 is 35.8 Å². The van der Waals surface area contributed by atoms with E-state index in [2.05, 4.69) is 35.6 Å². The zero-order chi connectivity index (χ0) is 21.4. The summed E-state index contributed by atoms with van der Waals surface area (Å²) >= 11 is 0. The Labute approximate surface area is 202 Å². The Morgan fingerprint density at radius 1 is 1.26 bits per heavy atom. The summed E-state index contributed by atoms with van der Waals surface area (Å²) in [5.41, 5.74) is 8.66. The van der Waals surface area contributed by atoms with Crippen molar-refractivity contribution in [2.75, 3.05) is 25.4 Å². The topological polar surface area (TPSA) is 104 Å². The lowest BCUT2D eigenvalue weighted by Crippen LogP contribution is -2.40. The number of halogens is 1. The molecule has 1 aliphatic carbocycles. The summed E-state index contributed by atoms with van der Waals surface area (Å²) in [5, 5.41) is 20.9. The summed E-state index contributed by atoms with van der Waals surface area (Å²) in [6.45, 7) is 6.82. The van der Waals surface area contributed by atoms with Gasteiger partial charge >= 0.3 is 0 Å². The van der Waals surface area contributed by atoms with Crippen molar-refractivity contribution in [1.29, 1.82) is 5.26 Å². The number of benzene rings is 1. The molecule has 4 N–H and O–H groups in total. The van der Waals surface area contributed by atoms with Crippen molar-refractivity contribution in [2.45, 2.75) is 52.4 Å². The number of para-hydroxylation sites is 1. The Bertz CT molecular complexity index is 889. The predicted molar refractivity (Wildman–Crippen MR) is 137 cm³/mol. The van der Waals surface area contributed by atoms with Crippen molar-refractivity contribution in [1.82, 2.24) is 20.4 Å². The van der Waals surface area contributed by atoms with Gasteiger partial charge in [-0.25, -0.2) is 4.68 Å². The van der Waals surface area contributed by atoms with E-state index in [1.54, 1.807) is 4.68 Å². The predicted octanol–water partition coefficient (Wildman–Crippen LogP) is 4.01. The molecular weight excluding hydrogens is 501 g/mol. The molecule has 0 radical (unpaired) electrons. The number of hydrogen-bond donors (Lipinski definition) is 3. The summed E-state index contributed by atoms with van der Waals surface area (Å²) in [6, 6.07) is 11.9. The van der Waals surface area contributed by atoms with E-state index in [0.717, 1.165) is 43.4 Å². The number of guanidine groups is 1. The minimum absolute atomic E-state index is 0. The standard InChI is InChI=1S/C23H33N7.HI/c1-3-23(13-9-14-23)17-28-22(26-4-2)27-15-8-12-20-19(16-24)21(25)30(29-20)18-10-6-5-7-11-18;/h5-7,10-11H,3-4,8-9,12-15,17,25H2,1-2H3,(H2,26,27,28);1H. The molecule has 1 fully saturated rings. The second kappa shape index (κ2) is 11.9. The molecule has 0 unspecified atom stereocenters. The van der Waals surface area contributed by atoms with Crippen molar-refractivity contribution in [3.05, 3.63) is 41.6 Å². The SMILES string of the molecule is CCNC(=NCC1(CC)CCC1)NCCCc1nn(-c2ccccc2)c(N)c1C#N.I. The average molecular weight is 535 g/mol. The molecule has 0 saturated heterocycles. The number of nitrogens with one attached hydrogen (secondary N) is 2. The maximum absolute atomic E-state index is 9.54. The molecule has 1 saturated carbocycles. The van der Waals surface area contributed by atoms with Crippen LogP contribution in [0.15, 0.2) is 35.3 Å². The highest BCUT2D eigenvalue weighted by molar-refractivity contribution is 14.0. The van der Waals surface area contributed by atoms with Crippen molar-refractivity contribution in [3.63, 3.8) is 0 Å². The van der Waals surface area contributed by atoms with Gasteiger partial charge in [0.2, 0.25) is 0 Å². The van der Waals surface area contributed by atoms with E-state index in [1.165, 1.54) is 25.7 Å². The highest BCUT2D eigenvalue weighted by atomic mass is 127. The summed E-state index contributed by atoms with van der Waals surface area (Å²) in [7, 11) is 0. The van der Waals surface area contributed by atoms with Gasteiger partial charge in [0, 0.05) is 19.6 Å². The number of nitrogens with two attached hydrogens (primary N) is 1. The van der Waals surface area contributed by atoms with Gasteiger partial charge < -0.3 is 16.4 Å². The molecule has 1 aliphatic rings. The highest BCUT2D eigenvalue weighted by Gasteiger charge is 2.34. The quantitative estimate of drug-likeness (QED) is 0.195. The molecule has 3 rings (SSSR count). The largest absolute Gasteiger partial charge is 0.382 e. The third-order valence-corrected chi connectivity index (χ3v) is 6.07. The third-order valence-electron chi connectivity index (χ3n) is 6.07. The molecule has 1 heterocycles. The molecule has 0 spiro atoms. The second-order valence-corrected chi connectivity index (χ2v) is 8.00. The highest BCUT2D eigenvalue weighted by Crippen LogP contribution is 2.43. The molecule has 31 heavy (non-hydrogen) atoms. The molecule has 0 aliphatic heterocycles. The molecule has 0 bridgehead atoms. The van der Waals surface area contributed by atoms with Crippen LogP contribution >= 0.6 is 24.0 Å². The number of aryl methyl sites for hydroxylation is 1. The van der Waals surface area contributed by atoms with Crippen molar-refractivity contribution in [2.24, 2.45) is 10.4 Å². The second-order valence-electron chi connectivity index (χ2n) is 8.00. The first-order valence-electron chi connectivity index (χ1n) is 11.0. The van der Waals surface area contributed by atoms with E-state index < -0.39 is 0 Å². The van der Waals surface area contributed by atoms with E-state index in [4.69, 9.17) is 10.7 Å². The zero-order valence-corrected chi connectivity index (χ0v) is 20.9. The number of nitriles is 1. The van der Waals surface area contributed by atoms with E-state index in [-0.39, 0.29) is 24.0 Å². The third kappa shape index (κ3) is 6.12. The van der Waals surface area contributed by atoms with Gasteiger partial charge in [-0.1, -0.05) is 31.5 Å². The monoisotopic (exact) mass is 535 g/mol. The summed E-state index contributed by atoms with van der Waals surface area (Å²) < 4.78 is 1.65. The Kier molecular flexibility index (Phi) is 9.62. The smallest absolute Gasteiger partial charge is 0.191 e. The lowest BCUT2D eigenvalue weighted by atomic mass is 9.67.